The number of hydrogen-bond acceptors (Lipinski definition) is 2. The number of rotatable bonds is 3. The van der Waals surface area contributed by atoms with Crippen LogP contribution in [0.3, 0.4) is 0 Å². The molecule has 0 aliphatic heterocycles. The van der Waals surface area contributed by atoms with Crippen molar-refractivity contribution in [1.82, 2.24) is 5.43 Å². The Kier molecular flexibility index (Phi) is 3.17. The summed E-state index contributed by atoms with van der Waals surface area (Å²) in [6.45, 7) is 0. The van der Waals surface area contributed by atoms with Gasteiger partial charge in [-0.1, -0.05) is 43.2 Å². The molecule has 1 aromatic rings. The molecule has 2 heteroatoms. The fourth-order valence-corrected chi connectivity index (χ4v) is 2.46. The number of benzene rings is 1. The lowest BCUT2D eigenvalue weighted by atomic mass is 9.92. The van der Waals surface area contributed by atoms with Crippen LogP contribution in [0.2, 0.25) is 0 Å². The summed E-state index contributed by atoms with van der Waals surface area (Å²) < 4.78 is 0. The summed E-state index contributed by atoms with van der Waals surface area (Å²) in [4.78, 5) is 0. The lowest BCUT2D eigenvalue weighted by Crippen LogP contribution is -2.32. The number of nitrogens with one attached hydrogen (secondary N) is 1. The van der Waals surface area contributed by atoms with Crippen LogP contribution in [0.1, 0.15) is 37.3 Å². The highest BCUT2D eigenvalue weighted by Crippen LogP contribution is 2.34. The molecule has 1 aliphatic carbocycles. The number of nitrogens with two attached hydrogens (primary N) is 1. The zero-order valence-electron chi connectivity index (χ0n) is 8.45. The van der Waals surface area contributed by atoms with Crippen molar-refractivity contribution in [3.63, 3.8) is 0 Å². The molecule has 0 heterocycles. The normalized spacial score (nSPS) is 19.8. The minimum atomic E-state index is 0.346. The average Bonchev–Trinajstić information content (AvgIpc) is 2.74. The molecule has 0 saturated heterocycles. The van der Waals surface area contributed by atoms with E-state index in [0.29, 0.717) is 6.04 Å². The smallest absolute Gasteiger partial charge is 0.0488 e. The first kappa shape index (κ1) is 9.69. The zero-order chi connectivity index (χ0) is 9.80. The first-order chi connectivity index (χ1) is 6.92. The van der Waals surface area contributed by atoms with E-state index >= 15 is 0 Å². The van der Waals surface area contributed by atoms with Gasteiger partial charge in [0.25, 0.3) is 0 Å². The molecule has 1 aliphatic rings. The van der Waals surface area contributed by atoms with Crippen LogP contribution in [-0.2, 0) is 0 Å². The molecule has 2 rings (SSSR count). The minimum absolute atomic E-state index is 0.346. The molecule has 0 spiro atoms. The Morgan fingerprint density at radius 3 is 2.36 bits per heavy atom. The van der Waals surface area contributed by atoms with Crippen LogP contribution in [0, 0.1) is 5.92 Å². The number of hydrazine groups is 1. The van der Waals surface area contributed by atoms with E-state index in [1.165, 1.54) is 31.2 Å². The lowest BCUT2D eigenvalue weighted by molar-refractivity contribution is 0.373. The monoisotopic (exact) mass is 190 g/mol. The van der Waals surface area contributed by atoms with Gasteiger partial charge in [0.05, 0.1) is 0 Å². The van der Waals surface area contributed by atoms with Crippen molar-refractivity contribution in [1.29, 1.82) is 0 Å². The predicted molar refractivity (Wildman–Crippen MR) is 58.5 cm³/mol. The zero-order valence-corrected chi connectivity index (χ0v) is 8.45. The Balaban J connectivity index is 2.12. The first-order valence-electron chi connectivity index (χ1n) is 5.43. The van der Waals surface area contributed by atoms with Gasteiger partial charge in [-0.2, -0.15) is 0 Å². The third-order valence-electron chi connectivity index (χ3n) is 3.21. The quantitative estimate of drug-likeness (QED) is 0.567. The molecule has 1 saturated carbocycles. The maximum Gasteiger partial charge on any atom is 0.0488 e. The Bertz CT molecular complexity index is 265. The van der Waals surface area contributed by atoms with Crippen molar-refractivity contribution in [2.45, 2.75) is 31.7 Å². The molecule has 0 bridgehead atoms. The molecular formula is C12H18N2. The standard InChI is InChI=1S/C12H18N2/c13-14-12(11-8-4-5-9-11)10-6-2-1-3-7-10/h1-3,6-7,11-12,14H,4-5,8-9,13H2/t12-/m0/s1. The summed E-state index contributed by atoms with van der Waals surface area (Å²) in [5, 5.41) is 0. The highest BCUT2D eigenvalue weighted by Gasteiger charge is 2.24. The Morgan fingerprint density at radius 2 is 1.79 bits per heavy atom. The second kappa shape index (κ2) is 4.58. The molecular weight excluding hydrogens is 172 g/mol. The van der Waals surface area contributed by atoms with Crippen LogP contribution in [-0.4, -0.2) is 0 Å². The first-order valence-corrected chi connectivity index (χ1v) is 5.43. The van der Waals surface area contributed by atoms with Crippen molar-refractivity contribution in [2.75, 3.05) is 0 Å². The van der Waals surface area contributed by atoms with Crippen molar-refractivity contribution < 1.29 is 0 Å². The average molecular weight is 190 g/mol. The van der Waals surface area contributed by atoms with E-state index in [2.05, 4.69) is 29.7 Å². The molecule has 0 unspecified atom stereocenters. The summed E-state index contributed by atoms with van der Waals surface area (Å²) in [6, 6.07) is 10.9. The fourth-order valence-electron chi connectivity index (χ4n) is 2.46. The fraction of sp³-hybridized carbons (Fsp3) is 0.500. The Labute approximate surface area is 85.5 Å². The second-order valence-corrected chi connectivity index (χ2v) is 4.10. The van der Waals surface area contributed by atoms with Gasteiger partial charge < -0.3 is 0 Å². The van der Waals surface area contributed by atoms with E-state index in [0.717, 1.165) is 5.92 Å². The Hall–Kier alpha value is -0.860. The minimum Gasteiger partial charge on any atom is -0.271 e. The van der Waals surface area contributed by atoms with E-state index in [1.54, 1.807) is 0 Å². The molecule has 0 radical (unpaired) electrons. The van der Waals surface area contributed by atoms with Crippen molar-refractivity contribution in [2.24, 2.45) is 11.8 Å². The van der Waals surface area contributed by atoms with E-state index in [-0.39, 0.29) is 0 Å². The van der Waals surface area contributed by atoms with Crippen LogP contribution in [0.15, 0.2) is 30.3 Å². The van der Waals surface area contributed by atoms with Gasteiger partial charge in [0.15, 0.2) is 0 Å². The summed E-state index contributed by atoms with van der Waals surface area (Å²) in [5.74, 6) is 6.36. The van der Waals surface area contributed by atoms with Gasteiger partial charge in [0.1, 0.15) is 0 Å². The molecule has 76 valence electrons. The highest BCUT2D eigenvalue weighted by atomic mass is 15.2. The van der Waals surface area contributed by atoms with Gasteiger partial charge in [-0.05, 0) is 24.3 Å². The molecule has 14 heavy (non-hydrogen) atoms. The van der Waals surface area contributed by atoms with E-state index < -0.39 is 0 Å². The maximum absolute atomic E-state index is 5.63. The second-order valence-electron chi connectivity index (χ2n) is 4.10. The Morgan fingerprint density at radius 1 is 1.14 bits per heavy atom. The predicted octanol–water partition coefficient (Wildman–Crippen LogP) is 2.38. The number of hydrogen-bond donors (Lipinski definition) is 2. The SMILES string of the molecule is NN[C@@H](c1ccccc1)C1CCCC1. The molecule has 2 nitrogen and oxygen atoms in total. The van der Waals surface area contributed by atoms with Crippen LogP contribution in [0.25, 0.3) is 0 Å². The summed E-state index contributed by atoms with van der Waals surface area (Å²) in [6.07, 6.45) is 5.33. The summed E-state index contributed by atoms with van der Waals surface area (Å²) in [5.41, 5.74) is 4.28. The third kappa shape index (κ3) is 1.97. The highest BCUT2D eigenvalue weighted by molar-refractivity contribution is 5.19. The molecule has 3 N–H and O–H groups in total. The van der Waals surface area contributed by atoms with Crippen LogP contribution in [0.4, 0.5) is 0 Å². The lowest BCUT2D eigenvalue weighted by Gasteiger charge is -2.22. The van der Waals surface area contributed by atoms with Crippen molar-refractivity contribution in [3.05, 3.63) is 35.9 Å². The molecule has 0 aromatic heterocycles. The van der Waals surface area contributed by atoms with E-state index in [9.17, 15) is 0 Å². The van der Waals surface area contributed by atoms with Gasteiger partial charge >= 0.3 is 0 Å². The van der Waals surface area contributed by atoms with Crippen LogP contribution >= 0.6 is 0 Å². The maximum atomic E-state index is 5.63. The largest absolute Gasteiger partial charge is 0.271 e. The van der Waals surface area contributed by atoms with Gasteiger partial charge in [0, 0.05) is 6.04 Å². The van der Waals surface area contributed by atoms with E-state index in [1.807, 2.05) is 6.07 Å². The molecule has 1 atom stereocenters. The molecule has 1 aromatic carbocycles. The van der Waals surface area contributed by atoms with Gasteiger partial charge in [0.2, 0.25) is 0 Å². The van der Waals surface area contributed by atoms with Crippen molar-refractivity contribution >= 4 is 0 Å². The van der Waals surface area contributed by atoms with Gasteiger partial charge in [-0.3, -0.25) is 11.3 Å². The van der Waals surface area contributed by atoms with Gasteiger partial charge in [-0.15, -0.1) is 0 Å². The van der Waals surface area contributed by atoms with Crippen LogP contribution < -0.4 is 11.3 Å². The van der Waals surface area contributed by atoms with E-state index in [4.69, 9.17) is 5.84 Å². The molecule has 1 fully saturated rings. The van der Waals surface area contributed by atoms with Crippen molar-refractivity contribution in [3.8, 4) is 0 Å². The van der Waals surface area contributed by atoms with Gasteiger partial charge in [-0.25, -0.2) is 0 Å². The van der Waals surface area contributed by atoms with Crippen LogP contribution in [0.5, 0.6) is 0 Å². The topological polar surface area (TPSA) is 38.0 Å². The molecule has 0 amide bonds. The summed E-state index contributed by atoms with van der Waals surface area (Å²) >= 11 is 0. The third-order valence-corrected chi connectivity index (χ3v) is 3.21. The summed E-state index contributed by atoms with van der Waals surface area (Å²) in [7, 11) is 0.